The third-order valence-electron chi connectivity index (χ3n) is 2.65. The summed E-state index contributed by atoms with van der Waals surface area (Å²) < 4.78 is 0. The van der Waals surface area contributed by atoms with E-state index in [1.807, 2.05) is 6.26 Å². The van der Waals surface area contributed by atoms with E-state index in [-0.39, 0.29) is 11.9 Å². The van der Waals surface area contributed by atoms with Crippen LogP contribution in [0, 0.1) is 0 Å². The maximum atomic E-state index is 11.5. The van der Waals surface area contributed by atoms with Gasteiger partial charge in [0, 0.05) is 11.8 Å². The lowest BCUT2D eigenvalue weighted by molar-refractivity contribution is -0.128. The van der Waals surface area contributed by atoms with Crippen molar-refractivity contribution in [1.82, 2.24) is 4.90 Å². The third-order valence-corrected chi connectivity index (χ3v) is 3.66. The van der Waals surface area contributed by atoms with Crippen molar-refractivity contribution in [3.8, 4) is 0 Å². The van der Waals surface area contributed by atoms with Gasteiger partial charge >= 0.3 is 0 Å². The second kappa shape index (κ2) is 4.84. The van der Waals surface area contributed by atoms with Crippen molar-refractivity contribution in [2.75, 3.05) is 12.8 Å². The van der Waals surface area contributed by atoms with Gasteiger partial charge in [0.1, 0.15) is 0 Å². The minimum Gasteiger partial charge on any atom is -0.391 e. The SMILES string of the molecule is C=CC(=O)N1CC(SC)CC1C(C)O. The van der Waals surface area contributed by atoms with Crippen LogP contribution in [0.4, 0.5) is 0 Å². The zero-order valence-corrected chi connectivity index (χ0v) is 9.46. The molecule has 1 aliphatic rings. The van der Waals surface area contributed by atoms with Crippen molar-refractivity contribution in [3.63, 3.8) is 0 Å². The van der Waals surface area contributed by atoms with E-state index in [2.05, 4.69) is 6.58 Å². The average molecular weight is 215 g/mol. The quantitative estimate of drug-likeness (QED) is 0.711. The van der Waals surface area contributed by atoms with Crippen LogP contribution >= 0.6 is 11.8 Å². The Balaban J connectivity index is 2.71. The van der Waals surface area contributed by atoms with Gasteiger partial charge in [-0.25, -0.2) is 0 Å². The molecule has 0 aromatic heterocycles. The van der Waals surface area contributed by atoms with E-state index in [4.69, 9.17) is 0 Å². The fourth-order valence-corrected chi connectivity index (χ4v) is 2.52. The summed E-state index contributed by atoms with van der Waals surface area (Å²) in [7, 11) is 0. The zero-order valence-electron chi connectivity index (χ0n) is 8.64. The Kier molecular flexibility index (Phi) is 4.01. The van der Waals surface area contributed by atoms with Gasteiger partial charge in [0.15, 0.2) is 0 Å². The molecule has 0 radical (unpaired) electrons. The standard InChI is InChI=1S/C10H17NO2S/c1-4-10(13)11-6-8(14-3)5-9(11)7(2)12/h4,7-9,12H,1,5-6H2,2-3H3. The highest BCUT2D eigenvalue weighted by Crippen LogP contribution is 2.28. The molecular weight excluding hydrogens is 198 g/mol. The van der Waals surface area contributed by atoms with Gasteiger partial charge in [-0.05, 0) is 25.7 Å². The molecule has 0 spiro atoms. The largest absolute Gasteiger partial charge is 0.391 e. The van der Waals surface area contributed by atoms with E-state index >= 15 is 0 Å². The third kappa shape index (κ3) is 2.30. The lowest BCUT2D eigenvalue weighted by atomic mass is 10.1. The van der Waals surface area contributed by atoms with E-state index in [1.54, 1.807) is 23.6 Å². The zero-order chi connectivity index (χ0) is 10.7. The van der Waals surface area contributed by atoms with Gasteiger partial charge in [-0.1, -0.05) is 6.58 Å². The van der Waals surface area contributed by atoms with Crippen LogP contribution in [0.1, 0.15) is 13.3 Å². The number of thioether (sulfide) groups is 1. The molecule has 0 aromatic rings. The maximum Gasteiger partial charge on any atom is 0.246 e. The molecule has 1 heterocycles. The Morgan fingerprint density at radius 1 is 1.79 bits per heavy atom. The molecule has 3 nitrogen and oxygen atoms in total. The topological polar surface area (TPSA) is 40.5 Å². The van der Waals surface area contributed by atoms with Crippen LogP contribution in [0.5, 0.6) is 0 Å². The Hall–Kier alpha value is -0.480. The number of hydrogen-bond donors (Lipinski definition) is 1. The summed E-state index contributed by atoms with van der Waals surface area (Å²) in [4.78, 5) is 13.2. The van der Waals surface area contributed by atoms with Crippen LogP contribution in [-0.4, -0.2) is 46.1 Å². The van der Waals surface area contributed by atoms with Crippen molar-refractivity contribution in [3.05, 3.63) is 12.7 Å². The first-order chi connectivity index (χ1) is 6.60. The van der Waals surface area contributed by atoms with Crippen LogP contribution < -0.4 is 0 Å². The molecule has 1 fully saturated rings. The first kappa shape index (κ1) is 11.6. The number of nitrogens with zero attached hydrogens (tertiary/aromatic N) is 1. The first-order valence-corrected chi connectivity index (χ1v) is 6.02. The van der Waals surface area contributed by atoms with Crippen LogP contribution in [0.25, 0.3) is 0 Å². The molecule has 0 aliphatic carbocycles. The van der Waals surface area contributed by atoms with Crippen LogP contribution in [0.15, 0.2) is 12.7 Å². The summed E-state index contributed by atoms with van der Waals surface area (Å²) in [6.07, 6.45) is 3.76. The summed E-state index contributed by atoms with van der Waals surface area (Å²) in [5, 5.41) is 9.99. The normalized spacial score (nSPS) is 28.9. The number of rotatable bonds is 3. The monoisotopic (exact) mass is 215 g/mol. The van der Waals surface area contributed by atoms with Crippen LogP contribution in [0.2, 0.25) is 0 Å². The molecule has 1 aliphatic heterocycles. The highest BCUT2D eigenvalue weighted by molar-refractivity contribution is 7.99. The molecule has 3 atom stereocenters. The van der Waals surface area contributed by atoms with Gasteiger partial charge in [-0.15, -0.1) is 0 Å². The van der Waals surface area contributed by atoms with E-state index < -0.39 is 6.10 Å². The number of amides is 1. The highest BCUT2D eigenvalue weighted by Gasteiger charge is 2.36. The molecule has 3 unspecified atom stereocenters. The fourth-order valence-electron chi connectivity index (χ4n) is 1.82. The van der Waals surface area contributed by atoms with Gasteiger partial charge in [-0.2, -0.15) is 11.8 Å². The van der Waals surface area contributed by atoms with Crippen molar-refractivity contribution in [2.24, 2.45) is 0 Å². The Morgan fingerprint density at radius 3 is 2.86 bits per heavy atom. The number of carbonyl (C=O) groups excluding carboxylic acids is 1. The summed E-state index contributed by atoms with van der Waals surface area (Å²) in [5.74, 6) is -0.0764. The van der Waals surface area contributed by atoms with Crippen molar-refractivity contribution in [2.45, 2.75) is 30.7 Å². The smallest absolute Gasteiger partial charge is 0.246 e. The Morgan fingerprint density at radius 2 is 2.43 bits per heavy atom. The van der Waals surface area contributed by atoms with Crippen molar-refractivity contribution >= 4 is 17.7 Å². The van der Waals surface area contributed by atoms with Crippen LogP contribution in [-0.2, 0) is 4.79 Å². The molecule has 80 valence electrons. The summed E-state index contributed by atoms with van der Waals surface area (Å²) in [5.41, 5.74) is 0. The van der Waals surface area contributed by atoms with E-state index in [0.29, 0.717) is 5.25 Å². The molecule has 0 saturated carbocycles. The number of aliphatic hydroxyl groups excluding tert-OH is 1. The van der Waals surface area contributed by atoms with Crippen molar-refractivity contribution < 1.29 is 9.90 Å². The van der Waals surface area contributed by atoms with Gasteiger partial charge < -0.3 is 10.0 Å². The van der Waals surface area contributed by atoms with Crippen LogP contribution in [0.3, 0.4) is 0 Å². The lowest BCUT2D eigenvalue weighted by Gasteiger charge is -2.25. The molecule has 4 heteroatoms. The van der Waals surface area contributed by atoms with E-state index in [0.717, 1.165) is 13.0 Å². The molecule has 0 aromatic carbocycles. The van der Waals surface area contributed by atoms with Crippen molar-refractivity contribution in [1.29, 1.82) is 0 Å². The molecular formula is C10H17NO2S. The van der Waals surface area contributed by atoms with Gasteiger partial charge in [0.2, 0.25) is 5.91 Å². The van der Waals surface area contributed by atoms with Gasteiger partial charge in [0.05, 0.1) is 12.1 Å². The predicted octanol–water partition coefficient (Wildman–Crippen LogP) is 0.886. The average Bonchev–Trinajstić information content (AvgIpc) is 2.60. The number of aliphatic hydroxyl groups is 1. The first-order valence-electron chi connectivity index (χ1n) is 4.74. The second-order valence-electron chi connectivity index (χ2n) is 3.60. The number of likely N-dealkylation sites (tertiary alicyclic amines) is 1. The van der Waals surface area contributed by atoms with E-state index in [1.165, 1.54) is 6.08 Å². The number of hydrogen-bond acceptors (Lipinski definition) is 3. The summed E-state index contributed by atoms with van der Waals surface area (Å²) in [6.45, 7) is 5.93. The summed E-state index contributed by atoms with van der Waals surface area (Å²) in [6, 6.07) is -0.0436. The molecule has 1 saturated heterocycles. The molecule has 1 rings (SSSR count). The highest BCUT2D eigenvalue weighted by atomic mass is 32.2. The molecule has 0 bridgehead atoms. The van der Waals surface area contributed by atoms with Gasteiger partial charge in [0.25, 0.3) is 0 Å². The molecule has 1 amide bonds. The maximum absolute atomic E-state index is 11.5. The van der Waals surface area contributed by atoms with Gasteiger partial charge in [-0.3, -0.25) is 4.79 Å². The Bertz CT molecular complexity index is 230. The fraction of sp³-hybridized carbons (Fsp3) is 0.700. The Labute approximate surface area is 89.2 Å². The minimum absolute atomic E-state index is 0.0436. The predicted molar refractivity (Wildman–Crippen MR) is 59.3 cm³/mol. The van der Waals surface area contributed by atoms with E-state index in [9.17, 15) is 9.90 Å². The number of carbonyl (C=O) groups is 1. The minimum atomic E-state index is -0.462. The molecule has 14 heavy (non-hydrogen) atoms. The lowest BCUT2D eigenvalue weighted by Crippen LogP contribution is -2.40. The molecule has 1 N–H and O–H groups in total. The second-order valence-corrected chi connectivity index (χ2v) is 4.73. The summed E-state index contributed by atoms with van der Waals surface area (Å²) >= 11 is 1.75.